The fourth-order valence-corrected chi connectivity index (χ4v) is 5.67. The fourth-order valence-electron chi connectivity index (χ4n) is 3.87. The third kappa shape index (κ3) is 5.54. The molecule has 166 valence electrons. The van der Waals surface area contributed by atoms with Crippen molar-refractivity contribution in [1.82, 2.24) is 9.88 Å². The number of methoxy groups -OCH3 is 1. The van der Waals surface area contributed by atoms with Gasteiger partial charge in [0.25, 0.3) is 0 Å². The Balaban J connectivity index is 1.51. The molecule has 1 saturated carbocycles. The zero-order chi connectivity index (χ0) is 21.6. The van der Waals surface area contributed by atoms with E-state index in [2.05, 4.69) is 4.98 Å². The van der Waals surface area contributed by atoms with E-state index in [4.69, 9.17) is 14.6 Å². The van der Waals surface area contributed by atoms with Crippen LogP contribution in [0.15, 0.2) is 21.9 Å². The van der Waals surface area contributed by atoms with Crippen LogP contribution in [0.2, 0.25) is 0 Å². The smallest absolute Gasteiger partial charge is 0.410 e. The Bertz CT molecular complexity index is 764. The zero-order valence-electron chi connectivity index (χ0n) is 17.0. The summed E-state index contributed by atoms with van der Waals surface area (Å²) in [6.07, 6.45) is 7.79. The number of nitrogens with zero attached hydrogens (tertiary/aromatic N) is 2. The van der Waals surface area contributed by atoms with Gasteiger partial charge in [-0.25, -0.2) is 14.6 Å². The number of thioether (sulfide) groups is 1. The maximum Gasteiger partial charge on any atom is 0.410 e. The van der Waals surface area contributed by atoms with Crippen LogP contribution in [0, 0.1) is 5.41 Å². The lowest BCUT2D eigenvalue weighted by atomic mass is 9.62. The number of aliphatic hydroxyl groups is 1. The molecule has 2 atom stereocenters. The highest BCUT2D eigenvalue weighted by Crippen LogP contribution is 2.48. The average Bonchev–Trinajstić information content (AvgIpc) is 3.30. The number of hydrogen-bond acceptors (Lipinski definition) is 8. The Hall–Kier alpha value is -1.62. The molecule has 0 aromatic carbocycles. The van der Waals surface area contributed by atoms with Crippen LogP contribution in [0.25, 0.3) is 0 Å². The van der Waals surface area contributed by atoms with Crippen LogP contribution in [-0.4, -0.2) is 76.9 Å². The predicted octanol–water partition coefficient (Wildman–Crippen LogP) is 3.27. The van der Waals surface area contributed by atoms with Gasteiger partial charge in [-0.15, -0.1) is 11.3 Å². The predicted molar refractivity (Wildman–Crippen MR) is 114 cm³/mol. The molecule has 1 aromatic heterocycles. The molecule has 1 aliphatic heterocycles. The number of carboxylic acids is 1. The molecule has 2 N–H and O–H groups in total. The van der Waals surface area contributed by atoms with Crippen molar-refractivity contribution in [2.45, 2.75) is 48.6 Å². The summed E-state index contributed by atoms with van der Waals surface area (Å²) in [5.74, 6) is -0.466. The quantitative estimate of drug-likeness (QED) is 0.280. The number of aliphatic hydroxyl groups excluding tert-OH is 1. The molecule has 0 bridgehead atoms. The zero-order valence-corrected chi connectivity index (χ0v) is 18.6. The van der Waals surface area contributed by atoms with Gasteiger partial charge in [0.2, 0.25) is 0 Å². The number of rotatable bonds is 12. The first kappa shape index (κ1) is 23.1. The van der Waals surface area contributed by atoms with Gasteiger partial charge >= 0.3 is 12.1 Å². The minimum Gasteiger partial charge on any atom is -0.476 e. The lowest BCUT2D eigenvalue weighted by Crippen LogP contribution is -2.41. The third-order valence-corrected chi connectivity index (χ3v) is 7.79. The molecule has 0 radical (unpaired) electrons. The number of hydrogen-bond donors (Lipinski definition) is 2. The minimum atomic E-state index is -1.04. The summed E-state index contributed by atoms with van der Waals surface area (Å²) in [7, 11) is 1.69. The van der Waals surface area contributed by atoms with E-state index in [-0.39, 0.29) is 29.9 Å². The first-order chi connectivity index (χ1) is 14.4. The van der Waals surface area contributed by atoms with Crippen LogP contribution < -0.4 is 0 Å². The Kier molecular flexibility index (Phi) is 8.15. The van der Waals surface area contributed by atoms with E-state index in [1.165, 1.54) is 28.5 Å². The van der Waals surface area contributed by atoms with Crippen LogP contribution in [0.5, 0.6) is 0 Å². The Morgan fingerprint density at radius 1 is 1.57 bits per heavy atom. The van der Waals surface area contributed by atoms with Crippen molar-refractivity contribution < 1.29 is 29.3 Å². The van der Waals surface area contributed by atoms with Crippen molar-refractivity contribution in [2.24, 2.45) is 5.41 Å². The summed E-state index contributed by atoms with van der Waals surface area (Å²) in [4.78, 5) is 28.7. The molecule has 8 nitrogen and oxygen atoms in total. The summed E-state index contributed by atoms with van der Waals surface area (Å²) in [6.45, 7) is 1.42. The topological polar surface area (TPSA) is 109 Å². The highest BCUT2D eigenvalue weighted by atomic mass is 32.2. The third-order valence-electron chi connectivity index (χ3n) is 5.79. The Morgan fingerprint density at radius 3 is 3.00 bits per heavy atom. The van der Waals surface area contributed by atoms with Crippen molar-refractivity contribution in [2.75, 3.05) is 32.6 Å². The average molecular weight is 457 g/mol. The van der Waals surface area contributed by atoms with E-state index >= 15 is 0 Å². The monoisotopic (exact) mass is 456 g/mol. The standard InChI is InChI=1S/C20H28N2O6S2/c1-27-10-3-8-20(6-2-7-20)16(23)5-4-14-12-28-19(26)22(14)9-11-29-18-21-15(13-30-18)17(24)25/h4-5,13-14,16,23H,2-3,6-12H2,1H3,(H,24,25)/b5-4+/t14-,16+/m0/s1. The van der Waals surface area contributed by atoms with Gasteiger partial charge < -0.3 is 19.7 Å². The number of carbonyl (C=O) groups excluding carboxylic acids is 1. The van der Waals surface area contributed by atoms with Gasteiger partial charge in [-0.3, -0.25) is 4.90 Å². The number of carboxylic acid groups (broad SMARTS) is 1. The molecular formula is C20H28N2O6S2. The summed E-state index contributed by atoms with van der Waals surface area (Å²) < 4.78 is 11.0. The lowest BCUT2D eigenvalue weighted by molar-refractivity contribution is -0.0183. The van der Waals surface area contributed by atoms with E-state index < -0.39 is 12.1 Å². The number of amides is 1. The van der Waals surface area contributed by atoms with E-state index in [0.717, 1.165) is 32.1 Å². The first-order valence-electron chi connectivity index (χ1n) is 10.1. The number of carbonyl (C=O) groups is 2. The highest BCUT2D eigenvalue weighted by Gasteiger charge is 2.42. The van der Waals surface area contributed by atoms with E-state index in [1.807, 2.05) is 12.2 Å². The van der Waals surface area contributed by atoms with Gasteiger partial charge in [0.15, 0.2) is 10.0 Å². The summed E-state index contributed by atoms with van der Waals surface area (Å²) in [5, 5.41) is 21.2. The van der Waals surface area contributed by atoms with Gasteiger partial charge in [-0.2, -0.15) is 0 Å². The second-order valence-electron chi connectivity index (χ2n) is 7.63. The summed E-state index contributed by atoms with van der Waals surface area (Å²) in [5.41, 5.74) is -0.0420. The number of thiazole rings is 1. The Labute approximate surface area is 184 Å². The molecule has 1 aromatic rings. The largest absolute Gasteiger partial charge is 0.476 e. The molecule has 30 heavy (non-hydrogen) atoms. The van der Waals surface area contributed by atoms with Gasteiger partial charge in [-0.05, 0) is 31.1 Å². The summed E-state index contributed by atoms with van der Waals surface area (Å²) in [6, 6.07) is -0.213. The van der Waals surface area contributed by atoms with Gasteiger partial charge in [0.05, 0.1) is 12.1 Å². The van der Waals surface area contributed by atoms with Gasteiger partial charge in [-0.1, -0.05) is 30.3 Å². The molecule has 2 aliphatic rings. The SMILES string of the molecule is COCCCC1([C@H](O)/C=C/[C@H]2COC(=O)N2CCSc2nc(C(=O)O)cs2)CCC1. The van der Waals surface area contributed by atoms with Crippen LogP contribution in [0.4, 0.5) is 4.79 Å². The van der Waals surface area contributed by atoms with Crippen molar-refractivity contribution in [1.29, 1.82) is 0 Å². The normalized spacial score (nSPS) is 21.6. The molecule has 10 heteroatoms. The molecular weight excluding hydrogens is 428 g/mol. The molecule has 0 spiro atoms. The molecule has 1 amide bonds. The highest BCUT2D eigenvalue weighted by molar-refractivity contribution is 8.01. The second-order valence-corrected chi connectivity index (χ2v) is 9.83. The van der Waals surface area contributed by atoms with E-state index in [9.17, 15) is 14.7 Å². The van der Waals surface area contributed by atoms with Gasteiger partial charge in [0, 0.05) is 31.4 Å². The molecule has 0 unspecified atom stereocenters. The maximum atomic E-state index is 12.1. The fraction of sp³-hybridized carbons (Fsp3) is 0.650. The molecule has 2 fully saturated rings. The van der Waals surface area contributed by atoms with E-state index in [0.29, 0.717) is 23.2 Å². The van der Waals surface area contributed by atoms with Gasteiger partial charge in [0.1, 0.15) is 6.61 Å². The second kappa shape index (κ2) is 10.6. The summed E-state index contributed by atoms with van der Waals surface area (Å²) >= 11 is 2.69. The van der Waals surface area contributed by atoms with E-state index in [1.54, 1.807) is 12.0 Å². The molecule has 2 heterocycles. The van der Waals surface area contributed by atoms with Crippen LogP contribution >= 0.6 is 23.1 Å². The minimum absolute atomic E-state index is 0.0355. The van der Waals surface area contributed by atoms with Crippen LogP contribution in [-0.2, 0) is 9.47 Å². The van der Waals surface area contributed by atoms with Crippen LogP contribution in [0.3, 0.4) is 0 Å². The lowest BCUT2D eigenvalue weighted by Gasteiger charge is -2.45. The van der Waals surface area contributed by atoms with Crippen molar-refractivity contribution in [3.63, 3.8) is 0 Å². The molecule has 3 rings (SSSR count). The number of aromatic nitrogens is 1. The number of aromatic carboxylic acids is 1. The van der Waals surface area contributed by atoms with Crippen molar-refractivity contribution in [3.8, 4) is 0 Å². The first-order valence-corrected chi connectivity index (χ1v) is 11.9. The Morgan fingerprint density at radius 2 is 2.37 bits per heavy atom. The van der Waals surface area contributed by atoms with Crippen molar-refractivity contribution >= 4 is 35.2 Å². The molecule has 1 saturated heterocycles. The van der Waals surface area contributed by atoms with Crippen LogP contribution in [0.1, 0.15) is 42.6 Å². The maximum absolute atomic E-state index is 12.1. The number of cyclic esters (lactones) is 1. The van der Waals surface area contributed by atoms with Crippen molar-refractivity contribution in [3.05, 3.63) is 23.2 Å². The number of ether oxygens (including phenoxy) is 2. The molecule has 1 aliphatic carbocycles.